The van der Waals surface area contributed by atoms with Gasteiger partial charge in [-0.1, -0.05) is 6.92 Å². The molecule has 0 unspecified atom stereocenters. The van der Waals surface area contributed by atoms with Crippen molar-refractivity contribution in [1.82, 2.24) is 4.90 Å². The first kappa shape index (κ1) is 12.0. The second kappa shape index (κ2) is 5.11. The summed E-state index contributed by atoms with van der Waals surface area (Å²) in [6, 6.07) is 0.0706. The maximum Gasteiger partial charge on any atom is 0.303 e. The number of rotatable bonds is 4. The van der Waals surface area contributed by atoms with E-state index < -0.39 is 12.1 Å². The van der Waals surface area contributed by atoms with Gasteiger partial charge in [-0.3, -0.25) is 9.59 Å². The quantitative estimate of drug-likeness (QED) is 0.703. The zero-order valence-corrected chi connectivity index (χ0v) is 8.85. The molecule has 1 aliphatic rings. The van der Waals surface area contributed by atoms with Gasteiger partial charge in [0.2, 0.25) is 5.91 Å². The fraction of sp³-hybridized carbons (Fsp3) is 0.800. The van der Waals surface area contributed by atoms with Crippen LogP contribution in [0.3, 0.4) is 0 Å². The molecule has 0 aromatic carbocycles. The van der Waals surface area contributed by atoms with Gasteiger partial charge in [-0.25, -0.2) is 0 Å². The number of hydrogen-bond acceptors (Lipinski definition) is 3. The summed E-state index contributed by atoms with van der Waals surface area (Å²) in [5.41, 5.74) is 0. The van der Waals surface area contributed by atoms with Crippen molar-refractivity contribution >= 4 is 11.9 Å². The number of hydrogen-bond donors (Lipinski definition) is 2. The average molecular weight is 215 g/mol. The highest BCUT2D eigenvalue weighted by Crippen LogP contribution is 2.21. The molecule has 1 saturated heterocycles. The van der Waals surface area contributed by atoms with E-state index in [1.165, 1.54) is 0 Å². The van der Waals surface area contributed by atoms with Crippen LogP contribution in [0.5, 0.6) is 0 Å². The number of aliphatic carboxylic acids is 1. The Hall–Kier alpha value is -1.10. The second-order valence-electron chi connectivity index (χ2n) is 3.89. The van der Waals surface area contributed by atoms with Crippen molar-refractivity contribution in [1.29, 1.82) is 0 Å². The third kappa shape index (κ3) is 3.20. The van der Waals surface area contributed by atoms with Crippen LogP contribution in [0, 0.1) is 0 Å². The molecule has 15 heavy (non-hydrogen) atoms. The first-order valence-electron chi connectivity index (χ1n) is 5.24. The summed E-state index contributed by atoms with van der Waals surface area (Å²) < 4.78 is 0. The van der Waals surface area contributed by atoms with E-state index in [9.17, 15) is 14.7 Å². The van der Waals surface area contributed by atoms with Gasteiger partial charge in [0.1, 0.15) is 0 Å². The van der Waals surface area contributed by atoms with Gasteiger partial charge in [-0.15, -0.1) is 0 Å². The van der Waals surface area contributed by atoms with Crippen molar-refractivity contribution in [3.8, 4) is 0 Å². The van der Waals surface area contributed by atoms with Crippen LogP contribution in [0.15, 0.2) is 0 Å². The van der Waals surface area contributed by atoms with Crippen molar-refractivity contribution in [3.63, 3.8) is 0 Å². The van der Waals surface area contributed by atoms with Crippen molar-refractivity contribution < 1.29 is 19.8 Å². The Bertz CT molecular complexity index is 254. The van der Waals surface area contributed by atoms with Crippen molar-refractivity contribution in [3.05, 3.63) is 0 Å². The van der Waals surface area contributed by atoms with Crippen molar-refractivity contribution in [2.75, 3.05) is 6.54 Å². The molecule has 0 radical (unpaired) electrons. The lowest BCUT2D eigenvalue weighted by atomic mass is 10.1. The van der Waals surface area contributed by atoms with E-state index in [0.717, 1.165) is 6.42 Å². The van der Waals surface area contributed by atoms with Crippen LogP contribution in [-0.4, -0.2) is 45.7 Å². The van der Waals surface area contributed by atoms with Gasteiger partial charge < -0.3 is 15.1 Å². The molecule has 1 amide bonds. The summed E-state index contributed by atoms with van der Waals surface area (Å²) in [6.07, 6.45) is 0.842. The summed E-state index contributed by atoms with van der Waals surface area (Å²) in [4.78, 5) is 23.5. The Morgan fingerprint density at radius 3 is 2.60 bits per heavy atom. The van der Waals surface area contributed by atoms with E-state index in [1.54, 1.807) is 4.90 Å². The molecule has 0 spiro atoms. The fourth-order valence-electron chi connectivity index (χ4n) is 1.94. The highest BCUT2D eigenvalue weighted by molar-refractivity contribution is 5.81. The molecule has 1 heterocycles. The largest absolute Gasteiger partial charge is 0.481 e. The summed E-state index contributed by atoms with van der Waals surface area (Å²) >= 11 is 0. The number of aliphatic hydroxyl groups excluding tert-OH is 1. The molecule has 2 N–H and O–H groups in total. The zero-order valence-electron chi connectivity index (χ0n) is 8.85. The van der Waals surface area contributed by atoms with Gasteiger partial charge in [-0.05, 0) is 12.8 Å². The standard InChI is InChI=1S/C10H17NO4/c1-2-7-5-8(12)6-11(7)9(13)3-4-10(14)15/h7-8,12H,2-6H2,1H3,(H,14,15)/t7-,8-/m1/s1. The number of amides is 1. The van der Waals surface area contributed by atoms with Gasteiger partial charge in [-0.2, -0.15) is 0 Å². The number of carboxylic acids is 1. The average Bonchev–Trinajstić information content (AvgIpc) is 2.56. The highest BCUT2D eigenvalue weighted by Gasteiger charge is 2.32. The van der Waals surface area contributed by atoms with Crippen LogP contribution in [0.1, 0.15) is 32.6 Å². The maximum absolute atomic E-state index is 11.6. The lowest BCUT2D eigenvalue weighted by Gasteiger charge is -2.22. The van der Waals surface area contributed by atoms with E-state index in [0.29, 0.717) is 13.0 Å². The summed E-state index contributed by atoms with van der Waals surface area (Å²) in [6.45, 7) is 2.30. The third-order valence-electron chi connectivity index (χ3n) is 2.74. The SMILES string of the molecule is CC[C@@H]1C[C@@H](O)CN1C(=O)CCC(=O)O. The molecule has 1 fully saturated rings. The smallest absolute Gasteiger partial charge is 0.303 e. The summed E-state index contributed by atoms with van der Waals surface area (Å²) in [5, 5.41) is 17.9. The molecule has 2 atom stereocenters. The minimum absolute atomic E-state index is 0.0263. The van der Waals surface area contributed by atoms with E-state index in [1.807, 2.05) is 6.92 Å². The Morgan fingerprint density at radius 2 is 2.07 bits per heavy atom. The monoisotopic (exact) mass is 215 g/mol. The first-order chi connectivity index (χ1) is 7.04. The predicted molar refractivity (Wildman–Crippen MR) is 53.3 cm³/mol. The number of carboxylic acid groups (broad SMARTS) is 1. The molecular formula is C10H17NO4. The van der Waals surface area contributed by atoms with Crippen LogP contribution < -0.4 is 0 Å². The minimum Gasteiger partial charge on any atom is -0.481 e. The van der Waals surface area contributed by atoms with Gasteiger partial charge in [0, 0.05) is 19.0 Å². The number of carbonyl (C=O) groups is 2. The molecule has 0 aromatic heterocycles. The lowest BCUT2D eigenvalue weighted by molar-refractivity contribution is -0.141. The maximum atomic E-state index is 11.6. The van der Waals surface area contributed by atoms with E-state index in [4.69, 9.17) is 5.11 Å². The topological polar surface area (TPSA) is 77.8 Å². The fourth-order valence-corrected chi connectivity index (χ4v) is 1.94. The number of nitrogens with zero attached hydrogens (tertiary/aromatic N) is 1. The van der Waals surface area contributed by atoms with Crippen LogP contribution in [0.2, 0.25) is 0 Å². The summed E-state index contributed by atoms with van der Waals surface area (Å²) in [7, 11) is 0. The van der Waals surface area contributed by atoms with Gasteiger partial charge in [0.15, 0.2) is 0 Å². The first-order valence-corrected chi connectivity index (χ1v) is 5.24. The van der Waals surface area contributed by atoms with Gasteiger partial charge >= 0.3 is 5.97 Å². The summed E-state index contributed by atoms with van der Waals surface area (Å²) in [5.74, 6) is -1.13. The normalized spacial score (nSPS) is 25.6. The van der Waals surface area contributed by atoms with E-state index in [2.05, 4.69) is 0 Å². The van der Waals surface area contributed by atoms with Crippen molar-refractivity contribution in [2.24, 2.45) is 0 Å². The van der Waals surface area contributed by atoms with Crippen LogP contribution in [0.4, 0.5) is 0 Å². The minimum atomic E-state index is -0.962. The third-order valence-corrected chi connectivity index (χ3v) is 2.74. The van der Waals surface area contributed by atoms with Crippen LogP contribution in [0.25, 0.3) is 0 Å². The zero-order chi connectivity index (χ0) is 11.4. The highest BCUT2D eigenvalue weighted by atomic mass is 16.4. The molecule has 1 rings (SSSR count). The Labute approximate surface area is 88.7 Å². The Kier molecular flexibility index (Phi) is 4.08. The molecule has 0 bridgehead atoms. The molecule has 5 nitrogen and oxygen atoms in total. The number of carbonyl (C=O) groups excluding carboxylic acids is 1. The number of β-amino-alcohol motifs (C(OH)–C–C–N with tert-alkyl or cyclic N) is 1. The molecule has 0 aromatic rings. The van der Waals surface area contributed by atoms with Crippen molar-refractivity contribution in [2.45, 2.75) is 44.8 Å². The van der Waals surface area contributed by atoms with Gasteiger partial charge in [0.25, 0.3) is 0 Å². The predicted octanol–water partition coefficient (Wildman–Crippen LogP) is 0.223. The Morgan fingerprint density at radius 1 is 1.40 bits per heavy atom. The molecule has 0 saturated carbocycles. The van der Waals surface area contributed by atoms with E-state index >= 15 is 0 Å². The number of likely N-dealkylation sites (tertiary alicyclic amines) is 1. The molecular weight excluding hydrogens is 198 g/mol. The number of aliphatic hydroxyl groups is 1. The van der Waals surface area contributed by atoms with Crippen LogP contribution >= 0.6 is 0 Å². The molecule has 5 heteroatoms. The van der Waals surface area contributed by atoms with Gasteiger partial charge in [0.05, 0.1) is 12.5 Å². The van der Waals surface area contributed by atoms with Crippen LogP contribution in [-0.2, 0) is 9.59 Å². The Balaban J connectivity index is 2.47. The second-order valence-corrected chi connectivity index (χ2v) is 3.89. The molecule has 86 valence electrons. The molecule has 1 aliphatic heterocycles. The molecule has 0 aliphatic carbocycles. The lowest BCUT2D eigenvalue weighted by Crippen LogP contribution is -2.35. The van der Waals surface area contributed by atoms with E-state index in [-0.39, 0.29) is 24.8 Å².